The maximum Gasteiger partial charge on any atom is 0.326 e. The maximum atomic E-state index is 14.9. The molecule has 2 aliphatic heterocycles. The van der Waals surface area contributed by atoms with Crippen LogP contribution in [0, 0.1) is 11.8 Å². The number of rotatable bonds is 58. The van der Waals surface area contributed by atoms with E-state index >= 15 is 0 Å². The van der Waals surface area contributed by atoms with Gasteiger partial charge in [-0.1, -0.05) is 155 Å². The second-order valence-corrected chi connectivity index (χ2v) is 37.7. The van der Waals surface area contributed by atoms with E-state index in [4.69, 9.17) is 9.84 Å². The Hall–Kier alpha value is -11.6. The SMILES string of the molecule is CC1(C)C(CCC2=C(Oc3ccc(C[C@H](NC(=O)[C@H](CCC(=O)O)CC(=O)[C@H](CCC(=O)O)NC(=O)[C@@H](CC(=O)[C@H](Cc4ccccc4)NC(=O)CCCCCCCCC(=O)CC[C@H](NC(=O)NCCCC(=O)O)C(=O)O)Cc4ccccc4)C(=O)O)cc3)/C(=C/C=C3/N(CCCCS(=O)(=O)O)c4ccccc4C3(C)C)CCC2)=[N+](CCCCS(=O)(=O)O)c2ccccc21. The Bertz CT molecular complexity index is 5140. The van der Waals surface area contributed by atoms with Gasteiger partial charge in [-0.25, -0.2) is 14.4 Å². The van der Waals surface area contributed by atoms with Gasteiger partial charge in [-0.2, -0.15) is 21.4 Å². The van der Waals surface area contributed by atoms with E-state index in [2.05, 4.69) is 88.0 Å². The lowest BCUT2D eigenvalue weighted by atomic mass is 9.79. The van der Waals surface area contributed by atoms with Gasteiger partial charge in [0, 0.05) is 124 Å². The minimum Gasteiger partial charge on any atom is -0.481 e. The number of carboxylic acids is 5. The minimum atomic E-state index is -4.19. The molecule has 1 aliphatic carbocycles. The molecular weight excluding hydrogens is 1700 g/mol. The number of hydrogen-bond donors (Lipinski definition) is 12. The number of carbonyl (C=O) groups excluding carboxylic acids is 7. The quantitative estimate of drug-likeness (QED) is 0.00977. The molecule has 12 N–H and O–H groups in total. The molecule has 698 valence electrons. The van der Waals surface area contributed by atoms with Crippen LogP contribution in [0.3, 0.4) is 0 Å². The molecule has 0 saturated heterocycles. The number of urea groups is 1. The number of para-hydroxylation sites is 2. The summed E-state index contributed by atoms with van der Waals surface area (Å²) in [6.07, 6.45) is 8.44. The Morgan fingerprint density at radius 1 is 0.481 bits per heavy atom. The highest BCUT2D eigenvalue weighted by molar-refractivity contribution is 7.86. The Morgan fingerprint density at radius 2 is 1.02 bits per heavy atom. The number of fused-ring (bicyclic) bond motifs is 2. The Morgan fingerprint density at radius 3 is 1.65 bits per heavy atom. The molecule has 3 aliphatic rings. The lowest BCUT2D eigenvalue weighted by Gasteiger charge is -2.28. The topological polar surface area (TPSA) is 490 Å². The highest BCUT2D eigenvalue weighted by Crippen LogP contribution is 2.49. The van der Waals surface area contributed by atoms with E-state index in [-0.39, 0.29) is 94.5 Å². The average molecular weight is 1820 g/mol. The fraction of sp³-hybridized carbons (Fsp3) is 0.490. The Balaban J connectivity index is 0.957. The molecule has 6 atom stereocenters. The number of ether oxygens (including phenoxy) is 1. The van der Waals surface area contributed by atoms with Crippen molar-refractivity contribution in [3.63, 3.8) is 0 Å². The first-order chi connectivity index (χ1) is 61.3. The van der Waals surface area contributed by atoms with Crippen LogP contribution in [-0.2, 0) is 103 Å². The molecule has 0 spiro atoms. The first-order valence-electron chi connectivity index (χ1n) is 44.4. The van der Waals surface area contributed by atoms with Gasteiger partial charge in [0.1, 0.15) is 35.9 Å². The van der Waals surface area contributed by atoms with Gasteiger partial charge in [0.15, 0.2) is 17.3 Å². The van der Waals surface area contributed by atoms with Crippen molar-refractivity contribution in [2.75, 3.05) is 36.0 Å². The summed E-state index contributed by atoms with van der Waals surface area (Å²) in [5, 5.41) is 61.8. The van der Waals surface area contributed by atoms with Crippen molar-refractivity contribution < 1.29 is 118 Å². The largest absolute Gasteiger partial charge is 0.481 e. The normalized spacial score (nSPS) is 16.0. The van der Waals surface area contributed by atoms with E-state index in [1.165, 1.54) is 0 Å². The Kier molecular flexibility index (Phi) is 39.7. The zero-order chi connectivity index (χ0) is 94.0. The molecule has 5 aromatic rings. The molecular formula is C96H124N7O24S2+. The van der Waals surface area contributed by atoms with Crippen LogP contribution in [0.25, 0.3) is 0 Å². The maximum absolute atomic E-state index is 14.9. The van der Waals surface area contributed by atoms with Gasteiger partial charge in [0.25, 0.3) is 20.2 Å². The molecule has 0 saturated carbocycles. The number of allylic oxidation sites excluding steroid dienone is 5. The zero-order valence-corrected chi connectivity index (χ0v) is 75.5. The van der Waals surface area contributed by atoms with Crippen LogP contribution in [0.5, 0.6) is 5.75 Å². The monoisotopic (exact) mass is 1820 g/mol. The van der Waals surface area contributed by atoms with E-state index in [1.54, 1.807) is 84.9 Å². The number of Topliss-reactive ketones (excluding diaryl/α,β-unsaturated/α-hetero) is 3. The highest BCUT2D eigenvalue weighted by atomic mass is 32.2. The van der Waals surface area contributed by atoms with Crippen molar-refractivity contribution in [3.8, 4) is 5.75 Å². The van der Waals surface area contributed by atoms with Gasteiger partial charge in [-0.15, -0.1) is 0 Å². The fourth-order valence-corrected chi connectivity index (χ4v) is 18.1. The van der Waals surface area contributed by atoms with Crippen LogP contribution < -0.4 is 36.2 Å². The molecule has 0 aromatic heterocycles. The molecule has 5 amide bonds. The standard InChI is InChI=1S/C96H123N7O24S2/c1-95(2)73-34-17-19-36-79(73)102(55-21-23-57-128(121,122)123)83(95)50-42-67-31-25-32-68(43-51-84-96(3,4)74-35-18-20-37-80(74)103(84)56-22-24-58-129(124,125)126)89(67)127-72-46-40-66(41-47-72)61-78(93(118)119)100-90(114)69(44-52-87(110)111)62-81(105)75(49-53-88(112)113)99-91(115)70(59-64-27-11-9-12-28-64)63-82(106)77(60-65-29-13-10-14-30-65)98-85(107)38-16-8-6-5-7-15-33-71(104)45-48-76(92(116)117)101-94(120)97-54-26-39-86(108)109/h9-14,17-20,27-30,34-37,40-42,46-47,50,69-70,75-78H,5-8,15-16,21-26,31-33,38-39,43-45,48-49,51-63H2,1-4H3,(H11-,97,98,99,100,101,107,108,109,110,111,112,113,114,115,116,117,118,119,120,121,122,123,124,125,126)/p+1/b67-42+,83-50+/t69-,70-,75+,76+,77+,78+/m1/s1. The van der Waals surface area contributed by atoms with Crippen molar-refractivity contribution in [1.29, 1.82) is 0 Å². The van der Waals surface area contributed by atoms with E-state index in [1.807, 2.05) is 36.4 Å². The van der Waals surface area contributed by atoms with Crippen molar-refractivity contribution in [3.05, 3.63) is 196 Å². The number of amides is 5. The fourth-order valence-electron chi connectivity index (χ4n) is 17.0. The number of carboxylic acid groups (broad SMARTS) is 5. The molecule has 129 heavy (non-hydrogen) atoms. The number of anilines is 1. The Labute approximate surface area is 754 Å². The van der Waals surface area contributed by atoms with Crippen LogP contribution in [0.15, 0.2) is 168 Å². The third-order valence-electron chi connectivity index (χ3n) is 23.9. The summed E-state index contributed by atoms with van der Waals surface area (Å²) >= 11 is 0. The van der Waals surface area contributed by atoms with Crippen LogP contribution in [0.4, 0.5) is 16.2 Å². The molecule has 0 radical (unpaired) electrons. The lowest BCUT2D eigenvalue weighted by Crippen LogP contribution is -2.49. The summed E-state index contributed by atoms with van der Waals surface area (Å²) in [7, 11) is -8.37. The number of hydrogen-bond acceptors (Lipinski definition) is 18. The summed E-state index contributed by atoms with van der Waals surface area (Å²) in [5.74, 6) is -13.0. The van der Waals surface area contributed by atoms with Crippen LogP contribution in [0.1, 0.15) is 229 Å². The highest BCUT2D eigenvalue weighted by Gasteiger charge is 2.46. The second-order valence-electron chi connectivity index (χ2n) is 34.5. The third kappa shape index (κ3) is 33.5. The van der Waals surface area contributed by atoms with E-state index in [0.29, 0.717) is 112 Å². The number of nitrogens with one attached hydrogen (secondary N) is 5. The smallest absolute Gasteiger partial charge is 0.326 e. The molecule has 0 unspecified atom stereocenters. The second kappa shape index (κ2) is 49.9. The number of carbonyl (C=O) groups is 12. The number of aliphatic carboxylic acids is 5. The van der Waals surface area contributed by atoms with Gasteiger partial charge in [-0.05, 0) is 168 Å². The molecule has 31 nitrogen and oxygen atoms in total. The molecule has 2 heterocycles. The van der Waals surface area contributed by atoms with Crippen molar-refractivity contribution in [1.82, 2.24) is 26.6 Å². The summed E-state index contributed by atoms with van der Waals surface area (Å²) < 4.78 is 75.6. The lowest BCUT2D eigenvalue weighted by molar-refractivity contribution is -0.440. The van der Waals surface area contributed by atoms with Gasteiger partial charge in [0.2, 0.25) is 23.4 Å². The zero-order valence-electron chi connectivity index (χ0n) is 73.9. The summed E-state index contributed by atoms with van der Waals surface area (Å²) in [6.45, 7) is 9.55. The molecule has 5 aromatic carbocycles. The van der Waals surface area contributed by atoms with E-state index in [9.17, 15) is 104 Å². The van der Waals surface area contributed by atoms with Gasteiger partial charge < -0.3 is 61.8 Å². The number of ketones is 3. The summed E-state index contributed by atoms with van der Waals surface area (Å²) in [5.41, 5.74) is 8.87. The average Bonchev–Trinajstić information content (AvgIpc) is 1.60. The minimum absolute atomic E-state index is 0.0222. The van der Waals surface area contributed by atoms with Gasteiger partial charge >= 0.3 is 35.9 Å². The van der Waals surface area contributed by atoms with Crippen LogP contribution in [0.2, 0.25) is 0 Å². The number of benzene rings is 5. The first-order valence-corrected chi connectivity index (χ1v) is 47.6. The summed E-state index contributed by atoms with van der Waals surface area (Å²) in [6, 6.07) is 33.6. The third-order valence-corrected chi connectivity index (χ3v) is 25.5. The van der Waals surface area contributed by atoms with Crippen LogP contribution >= 0.6 is 0 Å². The molecule has 33 heteroatoms. The first kappa shape index (κ1) is 103. The molecule has 0 fully saturated rings. The van der Waals surface area contributed by atoms with Crippen molar-refractivity contribution >= 4 is 108 Å². The predicted octanol–water partition coefficient (Wildman–Crippen LogP) is 12.8. The summed E-state index contributed by atoms with van der Waals surface area (Å²) in [4.78, 5) is 160. The van der Waals surface area contributed by atoms with E-state index in [0.717, 1.165) is 57.9 Å². The van der Waals surface area contributed by atoms with Crippen molar-refractivity contribution in [2.24, 2.45) is 11.8 Å². The molecule has 0 bridgehead atoms. The van der Waals surface area contributed by atoms with Gasteiger partial charge in [0.05, 0.1) is 29.0 Å². The van der Waals surface area contributed by atoms with Crippen LogP contribution in [-0.4, -0.2) is 188 Å². The number of unbranched alkanes of at least 4 members (excludes halogenated alkanes) is 7. The number of nitrogens with zero attached hydrogens (tertiary/aromatic N) is 2. The van der Waals surface area contributed by atoms with E-state index < -0.39 is 171 Å². The predicted molar refractivity (Wildman–Crippen MR) is 484 cm³/mol. The van der Waals surface area contributed by atoms with Crippen molar-refractivity contribution in [2.45, 2.75) is 255 Å². The molecule has 8 rings (SSSR count). The van der Waals surface area contributed by atoms with Gasteiger partial charge in [-0.3, -0.25) is 52.3 Å².